The molecule has 0 spiro atoms. The molecule has 8 heteroatoms. The number of nitrogens with one attached hydrogen (secondary N) is 2. The molecule has 3 atom stereocenters. The number of alkyl carbamates (subject to hydrolysis) is 1. The maximum absolute atomic E-state index is 13.1. The molecule has 0 bridgehead atoms. The van der Waals surface area contributed by atoms with Crippen molar-refractivity contribution >= 4 is 29.6 Å². The highest BCUT2D eigenvalue weighted by molar-refractivity contribution is 8.00. The lowest BCUT2D eigenvalue weighted by Crippen LogP contribution is -2.50. The maximum Gasteiger partial charge on any atom is 0.408 e. The van der Waals surface area contributed by atoms with Gasteiger partial charge in [-0.3, -0.25) is 14.9 Å². The van der Waals surface area contributed by atoms with E-state index in [0.717, 1.165) is 11.1 Å². The van der Waals surface area contributed by atoms with Crippen LogP contribution in [-0.4, -0.2) is 48.2 Å². The molecule has 1 heterocycles. The van der Waals surface area contributed by atoms with E-state index in [1.807, 2.05) is 60.7 Å². The van der Waals surface area contributed by atoms with Crippen molar-refractivity contribution in [1.29, 1.82) is 0 Å². The van der Waals surface area contributed by atoms with Gasteiger partial charge in [-0.15, -0.1) is 11.8 Å². The second-order valence-electron chi connectivity index (χ2n) is 6.81. The van der Waals surface area contributed by atoms with Gasteiger partial charge in [-0.25, -0.2) is 4.79 Å². The van der Waals surface area contributed by atoms with Crippen LogP contribution >= 0.6 is 11.8 Å². The zero-order valence-electron chi connectivity index (χ0n) is 16.6. The van der Waals surface area contributed by atoms with Crippen LogP contribution in [-0.2, 0) is 32.1 Å². The Bertz CT molecular complexity index is 862. The van der Waals surface area contributed by atoms with Crippen molar-refractivity contribution in [1.82, 2.24) is 10.6 Å². The van der Waals surface area contributed by atoms with E-state index in [-0.39, 0.29) is 12.4 Å². The van der Waals surface area contributed by atoms with Crippen molar-refractivity contribution in [3.63, 3.8) is 0 Å². The number of ether oxygens (including phenoxy) is 2. The van der Waals surface area contributed by atoms with Gasteiger partial charge in [0, 0.05) is 5.75 Å². The van der Waals surface area contributed by atoms with Crippen LogP contribution < -0.4 is 10.6 Å². The first kappa shape index (κ1) is 21.9. The standard InChI is InChI=1S/C22H24N2O5S/c1-28-21(26)18-14-30-20(23-18)19(25)17(12-15-8-4-2-5-9-15)24-22(27)29-13-16-10-6-3-7-11-16/h2-11,17-18,20,23H,12-14H2,1H3,(H,24,27)/t17-,18-,20-/m0/s1. The SMILES string of the molecule is COC(=O)[C@@H]1CS[C@@H](C(=O)[C@H](Cc2ccccc2)NC(=O)OCc2ccccc2)N1. The molecular formula is C22H24N2O5S. The second kappa shape index (κ2) is 10.8. The summed E-state index contributed by atoms with van der Waals surface area (Å²) >= 11 is 1.32. The Kier molecular flexibility index (Phi) is 7.87. The minimum Gasteiger partial charge on any atom is -0.468 e. The third-order valence-corrected chi connectivity index (χ3v) is 5.88. The van der Waals surface area contributed by atoms with Gasteiger partial charge in [-0.05, 0) is 17.5 Å². The quantitative estimate of drug-likeness (QED) is 0.623. The van der Waals surface area contributed by atoms with Crippen molar-refractivity contribution in [3.05, 3.63) is 71.8 Å². The van der Waals surface area contributed by atoms with Crippen molar-refractivity contribution in [2.45, 2.75) is 30.5 Å². The lowest BCUT2D eigenvalue weighted by molar-refractivity contribution is -0.142. The molecule has 3 rings (SSSR count). The number of ketones is 1. The summed E-state index contributed by atoms with van der Waals surface area (Å²) in [5.41, 5.74) is 1.76. The third-order valence-electron chi connectivity index (χ3n) is 4.66. The van der Waals surface area contributed by atoms with E-state index < -0.39 is 29.5 Å². The molecule has 0 radical (unpaired) electrons. The third kappa shape index (κ3) is 6.08. The molecule has 7 nitrogen and oxygen atoms in total. The molecule has 1 saturated heterocycles. The number of carbonyl (C=O) groups is 3. The number of hydrogen-bond acceptors (Lipinski definition) is 7. The van der Waals surface area contributed by atoms with Crippen molar-refractivity contribution in [3.8, 4) is 0 Å². The van der Waals surface area contributed by atoms with Gasteiger partial charge in [-0.1, -0.05) is 60.7 Å². The Labute approximate surface area is 179 Å². The van der Waals surface area contributed by atoms with Gasteiger partial charge < -0.3 is 14.8 Å². The van der Waals surface area contributed by atoms with E-state index in [2.05, 4.69) is 10.6 Å². The number of amides is 1. The minimum absolute atomic E-state index is 0.111. The van der Waals surface area contributed by atoms with Gasteiger partial charge >= 0.3 is 12.1 Å². The number of rotatable bonds is 8. The second-order valence-corrected chi connectivity index (χ2v) is 7.94. The van der Waals surface area contributed by atoms with Crippen LogP contribution in [0.1, 0.15) is 11.1 Å². The first-order chi connectivity index (χ1) is 14.6. The zero-order valence-corrected chi connectivity index (χ0v) is 17.4. The van der Waals surface area contributed by atoms with Gasteiger partial charge in [0.05, 0.1) is 13.2 Å². The van der Waals surface area contributed by atoms with E-state index in [4.69, 9.17) is 9.47 Å². The van der Waals surface area contributed by atoms with E-state index in [1.54, 1.807) is 0 Å². The average molecular weight is 429 g/mol. The number of hydrogen-bond donors (Lipinski definition) is 2. The smallest absolute Gasteiger partial charge is 0.408 e. The molecule has 1 aliphatic rings. The molecule has 0 aromatic heterocycles. The van der Waals surface area contributed by atoms with E-state index >= 15 is 0 Å². The summed E-state index contributed by atoms with van der Waals surface area (Å²) in [5, 5.41) is 5.06. The predicted octanol–water partition coefficient (Wildman–Crippen LogP) is 2.30. The molecule has 2 aromatic rings. The molecule has 0 aliphatic carbocycles. The fourth-order valence-corrected chi connectivity index (χ4v) is 4.28. The van der Waals surface area contributed by atoms with Crippen LogP contribution in [0.5, 0.6) is 0 Å². The van der Waals surface area contributed by atoms with Crippen LogP contribution in [0.15, 0.2) is 60.7 Å². The molecule has 2 aromatic carbocycles. The first-order valence-electron chi connectivity index (χ1n) is 9.57. The maximum atomic E-state index is 13.1. The average Bonchev–Trinajstić information content (AvgIpc) is 3.28. The highest BCUT2D eigenvalue weighted by Crippen LogP contribution is 2.22. The van der Waals surface area contributed by atoms with Crippen molar-refractivity contribution < 1.29 is 23.9 Å². The molecule has 158 valence electrons. The van der Waals surface area contributed by atoms with Gasteiger partial charge in [0.2, 0.25) is 0 Å². The van der Waals surface area contributed by atoms with Crippen molar-refractivity contribution in [2.75, 3.05) is 12.9 Å². The minimum atomic E-state index is -0.794. The van der Waals surface area contributed by atoms with Crippen LogP contribution in [0.3, 0.4) is 0 Å². The van der Waals surface area contributed by atoms with Crippen LogP contribution in [0.25, 0.3) is 0 Å². The molecule has 30 heavy (non-hydrogen) atoms. The summed E-state index contributed by atoms with van der Waals surface area (Å²) in [7, 11) is 1.31. The van der Waals surface area contributed by atoms with Crippen LogP contribution in [0.2, 0.25) is 0 Å². The lowest BCUT2D eigenvalue weighted by Gasteiger charge is -2.21. The number of methoxy groups -OCH3 is 1. The Morgan fingerprint density at radius 3 is 2.33 bits per heavy atom. The van der Waals surface area contributed by atoms with E-state index in [1.165, 1.54) is 18.9 Å². The highest BCUT2D eigenvalue weighted by atomic mass is 32.2. The van der Waals surface area contributed by atoms with E-state index in [0.29, 0.717) is 12.2 Å². The summed E-state index contributed by atoms with van der Waals surface area (Å²) in [6, 6.07) is 17.4. The summed E-state index contributed by atoms with van der Waals surface area (Å²) in [6.45, 7) is 0.111. The number of thioether (sulfide) groups is 1. The Balaban J connectivity index is 1.64. The van der Waals surface area contributed by atoms with Gasteiger partial charge in [0.1, 0.15) is 18.0 Å². The number of esters is 1. The van der Waals surface area contributed by atoms with Gasteiger partial charge in [0.15, 0.2) is 5.78 Å². The number of carbonyl (C=O) groups excluding carboxylic acids is 3. The number of Topliss-reactive ketones (excluding diaryl/α,β-unsaturated/α-hetero) is 1. The van der Waals surface area contributed by atoms with E-state index in [9.17, 15) is 14.4 Å². The predicted molar refractivity (Wildman–Crippen MR) is 114 cm³/mol. The number of benzene rings is 2. The topological polar surface area (TPSA) is 93.7 Å². The Hall–Kier alpha value is -2.84. The largest absolute Gasteiger partial charge is 0.468 e. The highest BCUT2D eigenvalue weighted by Gasteiger charge is 2.38. The summed E-state index contributed by atoms with van der Waals surface area (Å²) in [4.78, 5) is 37.2. The summed E-state index contributed by atoms with van der Waals surface area (Å²) < 4.78 is 10.0. The van der Waals surface area contributed by atoms with Gasteiger partial charge in [0.25, 0.3) is 0 Å². The Morgan fingerprint density at radius 1 is 1.07 bits per heavy atom. The molecule has 2 N–H and O–H groups in total. The van der Waals surface area contributed by atoms with Crippen LogP contribution in [0, 0.1) is 0 Å². The molecule has 1 amide bonds. The molecule has 1 fully saturated rings. The molecular weight excluding hydrogens is 404 g/mol. The van der Waals surface area contributed by atoms with Gasteiger partial charge in [-0.2, -0.15) is 0 Å². The fraction of sp³-hybridized carbons (Fsp3) is 0.318. The van der Waals surface area contributed by atoms with Crippen molar-refractivity contribution in [2.24, 2.45) is 0 Å². The summed E-state index contributed by atoms with van der Waals surface area (Å²) in [5.74, 6) is -0.195. The molecule has 0 unspecified atom stereocenters. The normalized spacial score (nSPS) is 19.0. The Morgan fingerprint density at radius 2 is 1.70 bits per heavy atom. The molecule has 1 aliphatic heterocycles. The monoisotopic (exact) mass is 428 g/mol. The first-order valence-corrected chi connectivity index (χ1v) is 10.6. The lowest BCUT2D eigenvalue weighted by atomic mass is 10.0. The van der Waals surface area contributed by atoms with Crippen LogP contribution in [0.4, 0.5) is 4.79 Å². The molecule has 0 saturated carbocycles. The fourth-order valence-electron chi connectivity index (χ4n) is 3.08. The summed E-state index contributed by atoms with van der Waals surface area (Å²) in [6.07, 6.45) is -0.345. The zero-order chi connectivity index (χ0) is 21.3.